The van der Waals surface area contributed by atoms with Crippen LogP contribution in [-0.4, -0.2) is 37.2 Å². The van der Waals surface area contributed by atoms with E-state index in [1.165, 1.54) is 128 Å². The van der Waals surface area contributed by atoms with E-state index in [-0.39, 0.29) is 31.1 Å². The molecule has 342 valence electrons. The number of ether oxygens (including phenoxy) is 3. The zero-order valence-electron chi connectivity index (χ0n) is 39.0. The number of carbonyl (C=O) groups is 3. The summed E-state index contributed by atoms with van der Waals surface area (Å²) >= 11 is 0. The highest BCUT2D eigenvalue weighted by atomic mass is 16.6. The van der Waals surface area contributed by atoms with E-state index in [1.54, 1.807) is 0 Å². The highest BCUT2D eigenvalue weighted by Crippen LogP contribution is 2.15. The summed E-state index contributed by atoms with van der Waals surface area (Å²) in [7, 11) is 0. The average molecular weight is 827 g/mol. The smallest absolute Gasteiger partial charge is 0.306 e. The molecular formula is C53H94O6. The predicted octanol–water partition coefficient (Wildman–Crippen LogP) is 16.3. The van der Waals surface area contributed by atoms with E-state index in [0.717, 1.165) is 83.5 Å². The first-order valence-corrected chi connectivity index (χ1v) is 25.1. The summed E-state index contributed by atoms with van der Waals surface area (Å²) in [6, 6.07) is 0. The first kappa shape index (κ1) is 56.4. The monoisotopic (exact) mass is 827 g/mol. The number of esters is 3. The third-order valence-electron chi connectivity index (χ3n) is 10.8. The largest absolute Gasteiger partial charge is 0.462 e. The van der Waals surface area contributed by atoms with Crippen LogP contribution in [0.5, 0.6) is 0 Å². The molecule has 0 unspecified atom stereocenters. The Balaban J connectivity index is 4.37. The molecule has 0 radical (unpaired) electrons. The SMILES string of the molecule is CCCCC/C=C\C/C=C\C/C=C\C/C=C\CCCCCC(=O)OC[C@H](COC(=O)CCCCCCCCCCCCC)OC(=O)CCCCCCCCCCCCC. The predicted molar refractivity (Wildman–Crippen MR) is 252 cm³/mol. The van der Waals surface area contributed by atoms with Crippen LogP contribution in [0.2, 0.25) is 0 Å². The Hall–Kier alpha value is -2.63. The number of rotatable bonds is 45. The summed E-state index contributed by atoms with van der Waals surface area (Å²) in [6.07, 6.45) is 56.6. The number of unbranched alkanes of at least 4 members (excludes halogenated alkanes) is 26. The van der Waals surface area contributed by atoms with Gasteiger partial charge in [-0.15, -0.1) is 0 Å². The second-order valence-electron chi connectivity index (χ2n) is 16.7. The molecule has 0 N–H and O–H groups in total. The van der Waals surface area contributed by atoms with Crippen LogP contribution in [0.4, 0.5) is 0 Å². The Labute approximate surface area is 365 Å². The van der Waals surface area contributed by atoms with Crippen LogP contribution in [-0.2, 0) is 28.6 Å². The standard InChI is InChI=1S/C53H94O6/c1-4-7-10-13-16-19-22-23-24-25-26-27-28-29-32-34-37-40-43-46-52(55)58-49-50(59-53(56)47-44-41-38-35-31-21-18-15-12-9-6-3)48-57-51(54)45-42-39-36-33-30-20-17-14-11-8-5-2/h16,19,23-24,26-27,29,32,50H,4-15,17-18,20-22,25,28,30-31,33-49H2,1-3H3/b19-16-,24-23-,27-26-,32-29-/t50-/m0/s1. The minimum absolute atomic E-state index is 0.0801. The molecule has 0 bridgehead atoms. The molecular weight excluding hydrogens is 733 g/mol. The van der Waals surface area contributed by atoms with Crippen LogP contribution in [0.25, 0.3) is 0 Å². The molecule has 0 saturated heterocycles. The van der Waals surface area contributed by atoms with Gasteiger partial charge in [0.2, 0.25) is 0 Å². The number of allylic oxidation sites excluding steroid dienone is 8. The average Bonchev–Trinajstić information content (AvgIpc) is 3.23. The number of hydrogen-bond donors (Lipinski definition) is 0. The summed E-state index contributed by atoms with van der Waals surface area (Å²) < 4.78 is 16.7. The summed E-state index contributed by atoms with van der Waals surface area (Å²) in [5, 5.41) is 0. The molecule has 0 amide bonds. The molecule has 0 rings (SSSR count). The van der Waals surface area contributed by atoms with Gasteiger partial charge in [-0.25, -0.2) is 0 Å². The van der Waals surface area contributed by atoms with E-state index in [9.17, 15) is 14.4 Å². The van der Waals surface area contributed by atoms with Gasteiger partial charge in [0.15, 0.2) is 6.10 Å². The van der Waals surface area contributed by atoms with Crippen molar-refractivity contribution in [3.63, 3.8) is 0 Å². The zero-order chi connectivity index (χ0) is 43.0. The maximum atomic E-state index is 12.7. The van der Waals surface area contributed by atoms with E-state index in [1.807, 2.05) is 0 Å². The lowest BCUT2D eigenvalue weighted by Crippen LogP contribution is -2.30. The van der Waals surface area contributed by atoms with E-state index in [0.29, 0.717) is 19.3 Å². The summed E-state index contributed by atoms with van der Waals surface area (Å²) in [5.41, 5.74) is 0. The molecule has 0 aromatic heterocycles. The molecule has 0 aromatic carbocycles. The summed E-state index contributed by atoms with van der Waals surface area (Å²) in [6.45, 7) is 6.57. The van der Waals surface area contributed by atoms with Gasteiger partial charge in [-0.05, 0) is 64.2 Å². The fraction of sp³-hybridized carbons (Fsp3) is 0.792. The van der Waals surface area contributed by atoms with Crippen LogP contribution < -0.4 is 0 Å². The molecule has 0 aromatic rings. The Bertz CT molecular complexity index is 1040. The summed E-state index contributed by atoms with van der Waals surface area (Å²) in [5.74, 6) is -0.908. The zero-order valence-corrected chi connectivity index (χ0v) is 39.0. The third kappa shape index (κ3) is 46.3. The van der Waals surface area contributed by atoms with Crippen molar-refractivity contribution in [2.45, 2.75) is 258 Å². The van der Waals surface area contributed by atoms with Gasteiger partial charge in [0.1, 0.15) is 13.2 Å². The molecule has 0 heterocycles. The molecule has 59 heavy (non-hydrogen) atoms. The molecule has 0 fully saturated rings. The lowest BCUT2D eigenvalue weighted by Gasteiger charge is -2.18. The number of hydrogen-bond acceptors (Lipinski definition) is 6. The van der Waals surface area contributed by atoms with Crippen molar-refractivity contribution in [3.8, 4) is 0 Å². The van der Waals surface area contributed by atoms with E-state index in [2.05, 4.69) is 69.4 Å². The highest BCUT2D eigenvalue weighted by molar-refractivity contribution is 5.71. The molecule has 0 aliphatic rings. The highest BCUT2D eigenvalue weighted by Gasteiger charge is 2.19. The lowest BCUT2D eigenvalue weighted by atomic mass is 10.1. The van der Waals surface area contributed by atoms with Crippen molar-refractivity contribution in [1.29, 1.82) is 0 Å². The van der Waals surface area contributed by atoms with Gasteiger partial charge in [0.05, 0.1) is 0 Å². The molecule has 0 aliphatic heterocycles. The van der Waals surface area contributed by atoms with Crippen LogP contribution in [0.1, 0.15) is 252 Å². The topological polar surface area (TPSA) is 78.9 Å². The van der Waals surface area contributed by atoms with Gasteiger partial charge >= 0.3 is 17.9 Å². The van der Waals surface area contributed by atoms with Crippen LogP contribution >= 0.6 is 0 Å². The van der Waals surface area contributed by atoms with Gasteiger partial charge in [-0.2, -0.15) is 0 Å². The van der Waals surface area contributed by atoms with Crippen molar-refractivity contribution < 1.29 is 28.6 Å². The Kier molecular flexibility index (Phi) is 45.9. The van der Waals surface area contributed by atoms with Crippen LogP contribution in [0, 0.1) is 0 Å². The molecule has 6 nitrogen and oxygen atoms in total. The first-order valence-electron chi connectivity index (χ1n) is 25.1. The van der Waals surface area contributed by atoms with Gasteiger partial charge < -0.3 is 14.2 Å². The van der Waals surface area contributed by atoms with Crippen molar-refractivity contribution in [2.75, 3.05) is 13.2 Å². The minimum atomic E-state index is -0.780. The quantitative estimate of drug-likeness (QED) is 0.0263. The molecule has 0 aliphatic carbocycles. The fourth-order valence-electron chi connectivity index (χ4n) is 7.01. The van der Waals surface area contributed by atoms with E-state index < -0.39 is 6.10 Å². The molecule has 6 heteroatoms. The molecule has 0 spiro atoms. The maximum absolute atomic E-state index is 12.7. The van der Waals surface area contributed by atoms with Gasteiger partial charge in [-0.3, -0.25) is 14.4 Å². The van der Waals surface area contributed by atoms with Crippen molar-refractivity contribution >= 4 is 17.9 Å². The maximum Gasteiger partial charge on any atom is 0.306 e. The van der Waals surface area contributed by atoms with E-state index >= 15 is 0 Å². The van der Waals surface area contributed by atoms with Gasteiger partial charge in [0, 0.05) is 19.3 Å². The second-order valence-corrected chi connectivity index (χ2v) is 16.7. The summed E-state index contributed by atoms with van der Waals surface area (Å²) in [4.78, 5) is 37.8. The molecule has 0 saturated carbocycles. The van der Waals surface area contributed by atoms with Gasteiger partial charge in [0.25, 0.3) is 0 Å². The van der Waals surface area contributed by atoms with Crippen molar-refractivity contribution in [2.24, 2.45) is 0 Å². The first-order chi connectivity index (χ1) is 29.0. The normalized spacial score (nSPS) is 12.4. The van der Waals surface area contributed by atoms with Crippen LogP contribution in [0.3, 0.4) is 0 Å². The Morgan fingerprint density at radius 2 is 0.610 bits per heavy atom. The van der Waals surface area contributed by atoms with Crippen molar-refractivity contribution in [3.05, 3.63) is 48.6 Å². The van der Waals surface area contributed by atoms with E-state index in [4.69, 9.17) is 14.2 Å². The molecule has 1 atom stereocenters. The Morgan fingerprint density at radius 1 is 0.339 bits per heavy atom. The number of carbonyl (C=O) groups excluding carboxylic acids is 3. The second kappa shape index (κ2) is 48.0. The third-order valence-corrected chi connectivity index (χ3v) is 10.8. The fourth-order valence-corrected chi connectivity index (χ4v) is 7.01. The Morgan fingerprint density at radius 3 is 0.983 bits per heavy atom. The van der Waals surface area contributed by atoms with Gasteiger partial charge in [-0.1, -0.05) is 217 Å². The van der Waals surface area contributed by atoms with Crippen molar-refractivity contribution in [1.82, 2.24) is 0 Å². The lowest BCUT2D eigenvalue weighted by molar-refractivity contribution is -0.167. The van der Waals surface area contributed by atoms with Crippen LogP contribution in [0.15, 0.2) is 48.6 Å². The minimum Gasteiger partial charge on any atom is -0.462 e.